The van der Waals surface area contributed by atoms with E-state index >= 15 is 0 Å². The van der Waals surface area contributed by atoms with Crippen molar-refractivity contribution in [3.8, 4) is 5.75 Å². The van der Waals surface area contributed by atoms with Crippen LogP contribution < -0.4 is 4.74 Å². The largest absolute Gasteiger partial charge is 0.476 e. The zero-order valence-electron chi connectivity index (χ0n) is 15.5. The topological polar surface area (TPSA) is 53.4 Å². The van der Waals surface area contributed by atoms with E-state index in [0.717, 1.165) is 4.57 Å². The van der Waals surface area contributed by atoms with Crippen LogP contribution in [0.2, 0.25) is 0 Å². The number of aromatic nitrogens is 2. The van der Waals surface area contributed by atoms with Crippen molar-refractivity contribution in [1.82, 2.24) is 9.55 Å². The zero-order chi connectivity index (χ0) is 20.5. The molecule has 0 saturated heterocycles. The molecule has 0 radical (unpaired) electrons. The number of rotatable bonds is 6. The predicted octanol–water partition coefficient (Wildman–Crippen LogP) is 5.03. The number of carbonyl (C=O) groups is 1. The van der Waals surface area contributed by atoms with E-state index in [2.05, 4.69) is 4.98 Å². The van der Waals surface area contributed by atoms with E-state index in [1.54, 1.807) is 18.2 Å². The van der Waals surface area contributed by atoms with Crippen LogP contribution in [0.15, 0.2) is 48.5 Å². The highest BCUT2D eigenvalue weighted by Gasteiger charge is 2.35. The standard InChI is InChI=1S/C20H19F3N2O3/c1-12(17-24-15-6-4-5-7-16(15)25(17)19(22)23)27-18(26)20(2,3)28-14-10-8-13(21)9-11-14/h4-12,19H,1-3H3. The molecule has 0 fully saturated rings. The maximum atomic E-state index is 13.6. The van der Waals surface area contributed by atoms with Gasteiger partial charge in [0.1, 0.15) is 11.6 Å². The van der Waals surface area contributed by atoms with E-state index in [-0.39, 0.29) is 17.1 Å². The number of benzene rings is 2. The quantitative estimate of drug-likeness (QED) is 0.552. The second kappa shape index (κ2) is 7.53. The van der Waals surface area contributed by atoms with Gasteiger partial charge in [-0.3, -0.25) is 4.57 Å². The normalized spacial score (nSPS) is 13.0. The van der Waals surface area contributed by atoms with Crippen LogP contribution in [0.1, 0.15) is 39.2 Å². The van der Waals surface area contributed by atoms with Gasteiger partial charge in [-0.1, -0.05) is 12.1 Å². The maximum Gasteiger partial charge on any atom is 0.350 e. The van der Waals surface area contributed by atoms with Gasteiger partial charge in [0.2, 0.25) is 0 Å². The van der Waals surface area contributed by atoms with Crippen LogP contribution in [0.3, 0.4) is 0 Å². The lowest BCUT2D eigenvalue weighted by atomic mass is 10.1. The monoisotopic (exact) mass is 392 g/mol. The molecule has 0 aliphatic carbocycles. The van der Waals surface area contributed by atoms with Gasteiger partial charge in [-0.25, -0.2) is 14.2 Å². The van der Waals surface area contributed by atoms with Gasteiger partial charge < -0.3 is 9.47 Å². The lowest BCUT2D eigenvalue weighted by Crippen LogP contribution is -2.40. The number of alkyl halides is 2. The summed E-state index contributed by atoms with van der Waals surface area (Å²) in [5.74, 6) is -0.998. The smallest absolute Gasteiger partial charge is 0.350 e. The molecule has 8 heteroatoms. The molecular weight excluding hydrogens is 373 g/mol. The third kappa shape index (κ3) is 3.95. The summed E-state index contributed by atoms with van der Waals surface area (Å²) >= 11 is 0. The van der Waals surface area contributed by atoms with Gasteiger partial charge in [0.25, 0.3) is 0 Å². The maximum absolute atomic E-state index is 13.6. The number of hydrogen-bond acceptors (Lipinski definition) is 4. The van der Waals surface area contributed by atoms with Crippen LogP contribution in [0, 0.1) is 5.82 Å². The molecular formula is C20H19F3N2O3. The summed E-state index contributed by atoms with van der Waals surface area (Å²) in [6.07, 6.45) is -1.04. The average Bonchev–Trinajstić information content (AvgIpc) is 3.03. The van der Waals surface area contributed by atoms with Gasteiger partial charge in [0.15, 0.2) is 17.5 Å². The summed E-state index contributed by atoms with van der Waals surface area (Å²) in [5, 5.41) is 0. The van der Waals surface area contributed by atoms with Crippen LogP contribution >= 0.6 is 0 Å². The molecule has 1 unspecified atom stereocenters. The Morgan fingerprint density at radius 1 is 1.11 bits per heavy atom. The fourth-order valence-corrected chi connectivity index (χ4v) is 2.75. The SMILES string of the molecule is CC(OC(=O)C(C)(C)Oc1ccc(F)cc1)c1nc2ccccc2n1C(F)F. The van der Waals surface area contributed by atoms with Gasteiger partial charge in [-0.15, -0.1) is 0 Å². The first-order valence-corrected chi connectivity index (χ1v) is 8.59. The number of nitrogens with zero attached hydrogens (tertiary/aromatic N) is 2. The lowest BCUT2D eigenvalue weighted by Gasteiger charge is -2.26. The number of fused-ring (bicyclic) bond motifs is 1. The summed E-state index contributed by atoms with van der Waals surface area (Å²) in [6.45, 7) is 1.57. The van der Waals surface area contributed by atoms with Crippen molar-refractivity contribution in [1.29, 1.82) is 0 Å². The van der Waals surface area contributed by atoms with Crippen LogP contribution in [0.4, 0.5) is 13.2 Å². The molecule has 1 heterocycles. The Bertz CT molecular complexity index is 984. The predicted molar refractivity (Wildman–Crippen MR) is 96.6 cm³/mol. The average molecular weight is 392 g/mol. The number of carbonyl (C=O) groups excluding carboxylic acids is 1. The van der Waals surface area contributed by atoms with E-state index in [1.165, 1.54) is 51.1 Å². The molecule has 5 nitrogen and oxygen atoms in total. The minimum absolute atomic E-state index is 0.0675. The van der Waals surface area contributed by atoms with Crippen molar-refractivity contribution in [2.45, 2.75) is 39.0 Å². The van der Waals surface area contributed by atoms with E-state index in [4.69, 9.17) is 9.47 Å². The Morgan fingerprint density at radius 2 is 1.75 bits per heavy atom. The number of imidazole rings is 1. The number of esters is 1. The second-order valence-electron chi connectivity index (χ2n) is 6.72. The Hall–Kier alpha value is -3.03. The van der Waals surface area contributed by atoms with E-state index in [0.29, 0.717) is 5.52 Å². The molecule has 0 aliphatic rings. The molecule has 0 amide bonds. The summed E-state index contributed by atoms with van der Waals surface area (Å²) in [6, 6.07) is 11.6. The van der Waals surface area contributed by atoms with Gasteiger partial charge in [-0.2, -0.15) is 8.78 Å². The molecule has 0 N–H and O–H groups in total. The zero-order valence-corrected chi connectivity index (χ0v) is 15.5. The highest BCUT2D eigenvalue weighted by molar-refractivity contribution is 5.79. The van der Waals surface area contributed by atoms with Crippen molar-refractivity contribution in [2.75, 3.05) is 0 Å². The molecule has 0 aliphatic heterocycles. The van der Waals surface area contributed by atoms with Crippen molar-refractivity contribution in [2.24, 2.45) is 0 Å². The highest BCUT2D eigenvalue weighted by atomic mass is 19.3. The van der Waals surface area contributed by atoms with Gasteiger partial charge in [0.05, 0.1) is 11.0 Å². The van der Waals surface area contributed by atoms with Gasteiger partial charge in [-0.05, 0) is 57.2 Å². The molecule has 148 valence electrons. The molecule has 3 aromatic rings. The van der Waals surface area contributed by atoms with Crippen molar-refractivity contribution < 1.29 is 27.4 Å². The van der Waals surface area contributed by atoms with E-state index < -0.39 is 30.0 Å². The molecule has 0 bridgehead atoms. The van der Waals surface area contributed by atoms with Gasteiger partial charge >= 0.3 is 12.5 Å². The van der Waals surface area contributed by atoms with Crippen molar-refractivity contribution in [3.05, 3.63) is 60.2 Å². The number of ether oxygens (including phenoxy) is 2. The first-order valence-electron chi connectivity index (χ1n) is 8.59. The van der Waals surface area contributed by atoms with Crippen LogP contribution in [0.5, 0.6) is 5.75 Å². The number of hydrogen-bond donors (Lipinski definition) is 0. The third-order valence-corrected chi connectivity index (χ3v) is 4.14. The third-order valence-electron chi connectivity index (χ3n) is 4.14. The van der Waals surface area contributed by atoms with Gasteiger partial charge in [0, 0.05) is 0 Å². The summed E-state index contributed by atoms with van der Waals surface area (Å²) in [7, 11) is 0. The summed E-state index contributed by atoms with van der Waals surface area (Å²) in [5.41, 5.74) is -0.798. The van der Waals surface area contributed by atoms with Crippen LogP contribution in [0.25, 0.3) is 11.0 Å². The van der Waals surface area contributed by atoms with Crippen molar-refractivity contribution in [3.63, 3.8) is 0 Å². The molecule has 2 aromatic carbocycles. The van der Waals surface area contributed by atoms with E-state index in [9.17, 15) is 18.0 Å². The number of para-hydroxylation sites is 2. The molecule has 0 saturated carbocycles. The minimum Gasteiger partial charge on any atom is -0.476 e. The van der Waals surface area contributed by atoms with Crippen LogP contribution in [-0.2, 0) is 9.53 Å². The molecule has 0 spiro atoms. The molecule has 1 atom stereocenters. The second-order valence-corrected chi connectivity index (χ2v) is 6.72. The van der Waals surface area contributed by atoms with Crippen LogP contribution in [-0.4, -0.2) is 21.1 Å². The Labute approximate surface area is 159 Å². The molecule has 28 heavy (non-hydrogen) atoms. The Kier molecular flexibility index (Phi) is 5.31. The Balaban J connectivity index is 1.81. The summed E-state index contributed by atoms with van der Waals surface area (Å²) in [4.78, 5) is 16.8. The lowest BCUT2D eigenvalue weighted by molar-refractivity contribution is -0.165. The first-order chi connectivity index (χ1) is 13.2. The number of halogens is 3. The Morgan fingerprint density at radius 3 is 2.39 bits per heavy atom. The van der Waals surface area contributed by atoms with Crippen molar-refractivity contribution >= 4 is 17.0 Å². The summed E-state index contributed by atoms with van der Waals surface area (Å²) < 4.78 is 51.8. The van der Waals surface area contributed by atoms with E-state index in [1.807, 2.05) is 0 Å². The fraction of sp³-hybridized carbons (Fsp3) is 0.300. The molecule has 1 aromatic heterocycles. The highest BCUT2D eigenvalue weighted by Crippen LogP contribution is 2.29. The minimum atomic E-state index is -2.84. The fourth-order valence-electron chi connectivity index (χ4n) is 2.75. The molecule has 3 rings (SSSR count). The first kappa shape index (κ1) is 19.7.